The molecule has 2 saturated carbocycles. The Labute approximate surface area is 355 Å². The molecular weight excluding hydrogens is 775 g/mol. The van der Waals surface area contributed by atoms with Gasteiger partial charge in [0.1, 0.15) is 24.4 Å². The summed E-state index contributed by atoms with van der Waals surface area (Å²) >= 11 is 0. The van der Waals surface area contributed by atoms with E-state index in [1.165, 1.54) is 6.07 Å². The van der Waals surface area contributed by atoms with Gasteiger partial charge in [0.15, 0.2) is 0 Å². The summed E-state index contributed by atoms with van der Waals surface area (Å²) in [5, 5.41) is 14.6. The summed E-state index contributed by atoms with van der Waals surface area (Å²) < 4.78 is 22.2. The first-order valence-corrected chi connectivity index (χ1v) is 20.8. The molecule has 17 heteroatoms. The number of ether oxygens (including phenoxy) is 4. The number of aryl methyl sites for hydroxylation is 1. The minimum atomic E-state index is -1.20. The van der Waals surface area contributed by atoms with Gasteiger partial charge >= 0.3 is 24.2 Å². The highest BCUT2D eigenvalue weighted by Gasteiger charge is 2.45. The summed E-state index contributed by atoms with van der Waals surface area (Å²) in [4.78, 5) is 81.8. The van der Waals surface area contributed by atoms with Crippen LogP contribution in [0.3, 0.4) is 0 Å². The number of alkyl carbamates (subject to hydrolysis) is 2. The number of nitrogens with zero attached hydrogens (tertiary/aromatic N) is 1. The summed E-state index contributed by atoms with van der Waals surface area (Å²) in [6, 6.07) is 0.494. The molecule has 1 aromatic heterocycles. The molecule has 2 aliphatic carbocycles. The fourth-order valence-electron chi connectivity index (χ4n) is 9.64. The molecule has 2 aliphatic rings. The minimum absolute atomic E-state index is 0.0679. The Balaban J connectivity index is 1.49. The van der Waals surface area contributed by atoms with E-state index in [-0.39, 0.29) is 64.4 Å². The molecule has 5 amide bonds. The van der Waals surface area contributed by atoms with Crippen molar-refractivity contribution in [3.8, 4) is 0 Å². The number of nitrogens with one attached hydrogen (secondary N) is 6. The van der Waals surface area contributed by atoms with Gasteiger partial charge in [-0.05, 0) is 102 Å². The van der Waals surface area contributed by atoms with Crippen LogP contribution in [0.4, 0.5) is 20.3 Å². The third-order valence-electron chi connectivity index (χ3n) is 10.9. The average molecular weight is 846 g/mol. The van der Waals surface area contributed by atoms with Crippen molar-refractivity contribution in [3.05, 3.63) is 34.8 Å². The average Bonchev–Trinajstić information content (AvgIpc) is 3.05. The van der Waals surface area contributed by atoms with E-state index in [2.05, 4.69) is 84.7 Å². The lowest BCUT2D eigenvalue weighted by molar-refractivity contribution is -0.154. The highest BCUT2D eigenvalue weighted by atomic mass is 16.6. The van der Waals surface area contributed by atoms with Gasteiger partial charge in [-0.15, -0.1) is 0 Å². The first-order chi connectivity index (χ1) is 27.5. The van der Waals surface area contributed by atoms with Crippen LogP contribution < -0.4 is 32.1 Å². The van der Waals surface area contributed by atoms with Gasteiger partial charge in [0.25, 0.3) is 11.5 Å². The van der Waals surface area contributed by atoms with Crippen molar-refractivity contribution in [2.75, 3.05) is 31.6 Å². The van der Waals surface area contributed by atoms with Gasteiger partial charge in [-0.3, -0.25) is 19.9 Å². The van der Waals surface area contributed by atoms with Crippen LogP contribution in [0.25, 0.3) is 0 Å². The predicted octanol–water partition coefficient (Wildman–Crippen LogP) is 6.02. The van der Waals surface area contributed by atoms with Crippen molar-refractivity contribution < 1.29 is 42.9 Å². The van der Waals surface area contributed by atoms with E-state index >= 15 is 0 Å². The number of hydrogen-bond acceptors (Lipinski definition) is 11. The molecule has 5 atom stereocenters. The molecular formula is C43H71N7O10. The second-order valence-corrected chi connectivity index (χ2v) is 20.3. The van der Waals surface area contributed by atoms with E-state index < -0.39 is 41.5 Å². The van der Waals surface area contributed by atoms with Gasteiger partial charge in [-0.2, -0.15) is 0 Å². The van der Waals surface area contributed by atoms with E-state index in [4.69, 9.17) is 18.9 Å². The Kier molecular flexibility index (Phi) is 16.4. The highest BCUT2D eigenvalue weighted by molar-refractivity contribution is 5.87. The maximum absolute atomic E-state index is 13.7. The number of carbonyl (C=O) groups excluding carboxylic acids is 5. The molecule has 0 radical (unpaired) electrons. The van der Waals surface area contributed by atoms with Crippen LogP contribution in [0.2, 0.25) is 0 Å². The number of urea groups is 1. The quantitative estimate of drug-likeness (QED) is 0.0460. The number of aromatic nitrogens is 2. The molecule has 0 aliphatic heterocycles. The van der Waals surface area contributed by atoms with Crippen LogP contribution in [-0.2, 0) is 28.5 Å². The Hall–Kier alpha value is -4.67. The third kappa shape index (κ3) is 16.8. The fraction of sp³-hybridized carbons (Fsp3) is 0.744. The van der Waals surface area contributed by atoms with E-state index in [0.29, 0.717) is 38.0 Å². The van der Waals surface area contributed by atoms with Crippen molar-refractivity contribution in [1.82, 2.24) is 31.2 Å². The number of anilines is 1. The molecule has 17 nitrogen and oxygen atoms in total. The number of esters is 1. The largest absolute Gasteiger partial charge is 0.459 e. The normalized spacial score (nSPS) is 24.1. The number of aromatic amines is 1. The molecule has 6 N–H and O–H groups in total. The molecule has 0 aromatic carbocycles. The molecule has 0 bridgehead atoms. The van der Waals surface area contributed by atoms with Crippen LogP contribution in [-0.4, -0.2) is 95.8 Å². The van der Waals surface area contributed by atoms with Crippen molar-refractivity contribution in [2.24, 2.45) is 21.7 Å². The van der Waals surface area contributed by atoms with Crippen molar-refractivity contribution in [1.29, 1.82) is 0 Å². The standard InChI is InChI=1S/C43H71N7O10/c1-14-32(52)57-15-16-58-36(55)44-25-42(12)21-29(19-38(4,5)23-42)47-33(53)41(10,11)59-28(3)18-40(8,9)60-37(56)45-26-43(13)22-30(20-39(6,7)24-43)48-35(54)50-34-46-27(2)17-31(51)49-34/h14,17,28-30H,1,15-16,18-26H2,2-13H3,(H,44,55)(H,45,56)(H,47,53)(H3,46,48,49,50,51,54). The van der Waals surface area contributed by atoms with E-state index in [9.17, 15) is 28.8 Å². The van der Waals surface area contributed by atoms with Crippen molar-refractivity contribution in [3.63, 3.8) is 0 Å². The first kappa shape index (κ1) is 49.7. The summed E-state index contributed by atoms with van der Waals surface area (Å²) in [6.45, 7) is 27.0. The number of H-pyrrole nitrogens is 1. The molecule has 5 unspecified atom stereocenters. The molecule has 0 saturated heterocycles. The second kappa shape index (κ2) is 19.8. The number of carbonyl (C=O) groups is 5. The van der Waals surface area contributed by atoms with E-state index in [1.54, 1.807) is 34.6 Å². The zero-order valence-corrected chi connectivity index (χ0v) is 37.9. The summed E-state index contributed by atoms with van der Waals surface area (Å²) in [7, 11) is 0. The van der Waals surface area contributed by atoms with Gasteiger partial charge < -0.3 is 40.2 Å². The Morgan fingerprint density at radius 3 is 1.95 bits per heavy atom. The Morgan fingerprint density at radius 2 is 1.40 bits per heavy atom. The zero-order chi connectivity index (χ0) is 45.3. The van der Waals surface area contributed by atoms with Crippen LogP contribution >= 0.6 is 0 Å². The van der Waals surface area contributed by atoms with Crippen LogP contribution in [0.15, 0.2) is 23.5 Å². The molecule has 3 rings (SSSR count). The van der Waals surface area contributed by atoms with Crippen molar-refractivity contribution in [2.45, 2.75) is 157 Å². The van der Waals surface area contributed by atoms with Gasteiger partial charge in [-0.1, -0.05) is 48.1 Å². The summed E-state index contributed by atoms with van der Waals surface area (Å²) in [6.07, 6.45) is 4.02. The van der Waals surface area contributed by atoms with Crippen LogP contribution in [0.5, 0.6) is 0 Å². The van der Waals surface area contributed by atoms with E-state index in [0.717, 1.165) is 31.8 Å². The van der Waals surface area contributed by atoms with Gasteiger partial charge in [0.2, 0.25) is 5.95 Å². The number of amides is 5. The maximum Gasteiger partial charge on any atom is 0.407 e. The molecule has 1 heterocycles. The van der Waals surface area contributed by atoms with Gasteiger partial charge in [0.05, 0.1) is 6.10 Å². The maximum atomic E-state index is 13.7. The first-order valence-electron chi connectivity index (χ1n) is 20.8. The SMILES string of the molecule is C=CC(=O)OCCOC(=O)NCC1(C)CC(NC(=O)C(C)(C)OC(C)CC(C)(C)OC(=O)NCC2(C)CC(NC(=O)Nc3nc(C)cc(=O)[nH]3)CC(C)(C)C2)CC(C)(C)C1. The smallest absolute Gasteiger partial charge is 0.407 e. The molecule has 338 valence electrons. The zero-order valence-electron chi connectivity index (χ0n) is 37.9. The topological polar surface area (TPSA) is 228 Å². The lowest BCUT2D eigenvalue weighted by Gasteiger charge is -2.47. The fourth-order valence-corrected chi connectivity index (χ4v) is 9.64. The molecule has 60 heavy (non-hydrogen) atoms. The van der Waals surface area contributed by atoms with Gasteiger partial charge in [0, 0.05) is 49.4 Å². The van der Waals surface area contributed by atoms with Crippen LogP contribution in [0, 0.1) is 28.6 Å². The molecule has 1 aromatic rings. The summed E-state index contributed by atoms with van der Waals surface area (Å²) in [5.74, 6) is -0.795. The second-order valence-electron chi connectivity index (χ2n) is 20.3. The van der Waals surface area contributed by atoms with E-state index in [1.807, 2.05) is 6.92 Å². The monoisotopic (exact) mass is 846 g/mol. The highest BCUT2D eigenvalue weighted by Crippen LogP contribution is 2.47. The Morgan fingerprint density at radius 1 is 0.867 bits per heavy atom. The lowest BCUT2D eigenvalue weighted by Crippen LogP contribution is -2.55. The van der Waals surface area contributed by atoms with Gasteiger partial charge in [-0.25, -0.2) is 24.2 Å². The number of rotatable bonds is 17. The van der Waals surface area contributed by atoms with Crippen molar-refractivity contribution >= 4 is 36.0 Å². The molecule has 0 spiro atoms. The molecule has 2 fully saturated rings. The summed E-state index contributed by atoms with van der Waals surface area (Å²) in [5.41, 5.74) is -2.97. The predicted molar refractivity (Wildman–Crippen MR) is 227 cm³/mol. The third-order valence-corrected chi connectivity index (χ3v) is 10.9. The Bertz CT molecular complexity index is 1780. The minimum Gasteiger partial charge on any atom is -0.459 e. The lowest BCUT2D eigenvalue weighted by atomic mass is 9.62. The van der Waals surface area contributed by atoms with Crippen LogP contribution in [0.1, 0.15) is 127 Å². The number of hydrogen-bond donors (Lipinski definition) is 6.